The Labute approximate surface area is 209 Å². The third-order valence-electron chi connectivity index (χ3n) is 4.49. The summed E-state index contributed by atoms with van der Waals surface area (Å²) >= 11 is 5.28. The van der Waals surface area contributed by atoms with E-state index in [0.717, 1.165) is 12.1 Å². The third-order valence-corrected chi connectivity index (χ3v) is 4.78. The van der Waals surface area contributed by atoms with E-state index in [1.54, 1.807) is 54.6 Å². The van der Waals surface area contributed by atoms with Gasteiger partial charge in [0.1, 0.15) is 0 Å². The minimum atomic E-state index is -1.34. The van der Waals surface area contributed by atoms with Crippen LogP contribution in [0.15, 0.2) is 97.1 Å². The Bertz CT molecular complexity index is 1310. The van der Waals surface area contributed by atoms with Crippen LogP contribution in [-0.4, -0.2) is 27.0 Å². The van der Waals surface area contributed by atoms with Gasteiger partial charge in [0, 0.05) is 17.7 Å². The molecule has 0 radical (unpaired) electrons. The molecule has 4 aromatic carbocycles. The van der Waals surface area contributed by atoms with Crippen molar-refractivity contribution < 1.29 is 28.7 Å². The number of halogens is 3. The first-order valence-corrected chi connectivity index (χ1v) is 10.5. The minimum Gasteiger partial charge on any atom is -0.423 e. The molecular weight excluding hydrogens is 497 g/mol. The first-order valence-electron chi connectivity index (χ1n) is 10.1. The fourth-order valence-corrected chi connectivity index (χ4v) is 2.93. The van der Waals surface area contributed by atoms with Crippen LogP contribution in [0, 0.1) is 31.9 Å². The maximum absolute atomic E-state index is 13.8. The van der Waals surface area contributed by atoms with Gasteiger partial charge in [0.2, 0.25) is 11.6 Å². The van der Waals surface area contributed by atoms with Gasteiger partial charge in [-0.3, -0.25) is 20.2 Å². The lowest BCUT2D eigenvalue weighted by atomic mass is 9.81. The first kappa shape index (κ1) is 28.1. The molecule has 0 saturated carbocycles. The summed E-state index contributed by atoms with van der Waals surface area (Å²) in [6.07, 6.45) is 0. The summed E-state index contributed by atoms with van der Waals surface area (Å²) in [6.45, 7) is 0. The lowest BCUT2D eigenvalue weighted by Crippen LogP contribution is -2.29. The van der Waals surface area contributed by atoms with E-state index < -0.39 is 40.0 Å². The van der Waals surface area contributed by atoms with Crippen LogP contribution in [0.1, 0.15) is 0 Å². The van der Waals surface area contributed by atoms with Crippen LogP contribution >= 0.6 is 11.6 Å². The average Bonchev–Trinajstić information content (AvgIpc) is 2.87. The topological polar surface area (TPSA) is 127 Å². The van der Waals surface area contributed by atoms with Gasteiger partial charge in [0.05, 0.1) is 14.9 Å². The number of hydrogen-bond donors (Lipinski definition) is 2. The molecule has 0 amide bonds. The molecule has 0 aliphatic rings. The average molecular weight is 515 g/mol. The number of nitro benzene ring substituents is 2. The summed E-state index contributed by atoms with van der Waals surface area (Å²) in [6, 6.07) is 25.2. The van der Waals surface area contributed by atoms with E-state index in [2.05, 4.69) is 0 Å². The van der Waals surface area contributed by atoms with Gasteiger partial charge >= 0.3 is 18.5 Å². The van der Waals surface area contributed by atoms with E-state index >= 15 is 0 Å². The molecule has 0 spiro atoms. The van der Waals surface area contributed by atoms with Gasteiger partial charge in [-0.15, -0.1) is 0 Å². The van der Waals surface area contributed by atoms with Crippen molar-refractivity contribution in [3.63, 3.8) is 0 Å². The van der Waals surface area contributed by atoms with Gasteiger partial charge in [-0.25, -0.2) is 0 Å². The molecular formula is C24H18BClF2N2O6. The molecule has 0 atom stereocenters. The minimum absolute atomic E-state index is 0.237. The summed E-state index contributed by atoms with van der Waals surface area (Å²) in [5.41, 5.74) is 0.301. The van der Waals surface area contributed by atoms with Crippen LogP contribution in [0.25, 0.3) is 11.1 Å². The van der Waals surface area contributed by atoms with Crippen molar-refractivity contribution in [2.24, 2.45) is 0 Å². The van der Waals surface area contributed by atoms with Gasteiger partial charge in [0.25, 0.3) is 0 Å². The van der Waals surface area contributed by atoms with E-state index in [1.165, 1.54) is 24.3 Å². The van der Waals surface area contributed by atoms with Gasteiger partial charge in [-0.1, -0.05) is 90.5 Å². The molecule has 8 nitrogen and oxygen atoms in total. The highest BCUT2D eigenvalue weighted by Gasteiger charge is 2.18. The van der Waals surface area contributed by atoms with Crippen molar-refractivity contribution in [3.05, 3.63) is 134 Å². The van der Waals surface area contributed by atoms with Crippen molar-refractivity contribution in [2.45, 2.75) is 0 Å². The highest BCUT2D eigenvalue weighted by atomic mass is 35.5. The zero-order chi connectivity index (χ0) is 26.7. The molecule has 0 unspecified atom stereocenters. The molecule has 184 valence electrons. The van der Waals surface area contributed by atoms with E-state index in [9.17, 15) is 29.0 Å². The van der Waals surface area contributed by atoms with Crippen molar-refractivity contribution in [1.29, 1.82) is 0 Å². The summed E-state index contributed by atoms with van der Waals surface area (Å²) in [5.74, 6) is -1.78. The van der Waals surface area contributed by atoms with Gasteiger partial charge in [0.15, 0.2) is 0 Å². The summed E-state index contributed by atoms with van der Waals surface area (Å²) < 4.78 is 26.4. The second-order valence-corrected chi connectivity index (χ2v) is 7.28. The number of rotatable bonds is 4. The summed E-state index contributed by atoms with van der Waals surface area (Å²) in [4.78, 5) is 19.1. The van der Waals surface area contributed by atoms with Crippen molar-refractivity contribution in [3.8, 4) is 11.1 Å². The van der Waals surface area contributed by atoms with E-state index in [0.29, 0.717) is 11.0 Å². The maximum atomic E-state index is 13.8. The largest absolute Gasteiger partial charge is 0.488 e. The zero-order valence-corrected chi connectivity index (χ0v) is 19.1. The van der Waals surface area contributed by atoms with Crippen molar-refractivity contribution >= 4 is 35.6 Å². The molecule has 36 heavy (non-hydrogen) atoms. The molecule has 12 heteroatoms. The number of benzene rings is 4. The second kappa shape index (κ2) is 13.6. The molecule has 0 saturated heterocycles. The van der Waals surface area contributed by atoms with Crippen molar-refractivity contribution in [2.75, 3.05) is 0 Å². The maximum Gasteiger partial charge on any atom is 0.488 e. The van der Waals surface area contributed by atoms with Crippen molar-refractivity contribution in [1.82, 2.24) is 0 Å². The highest BCUT2D eigenvalue weighted by Crippen LogP contribution is 2.28. The Kier molecular flexibility index (Phi) is 10.6. The molecule has 2 N–H and O–H groups in total. The second-order valence-electron chi connectivity index (χ2n) is 6.88. The van der Waals surface area contributed by atoms with Gasteiger partial charge < -0.3 is 10.0 Å². The Balaban J connectivity index is 0.000000200. The molecule has 4 aromatic rings. The Morgan fingerprint density at radius 3 is 1.58 bits per heavy atom. The zero-order valence-electron chi connectivity index (χ0n) is 18.4. The van der Waals surface area contributed by atoms with E-state index in [1.807, 2.05) is 6.07 Å². The predicted molar refractivity (Wildman–Crippen MR) is 133 cm³/mol. The monoisotopic (exact) mass is 514 g/mol. The lowest BCUT2D eigenvalue weighted by Gasteiger charge is -2.02. The van der Waals surface area contributed by atoms with Crippen LogP contribution in [0.3, 0.4) is 0 Å². The van der Waals surface area contributed by atoms with Crippen LogP contribution in [0.4, 0.5) is 20.2 Å². The number of nitro groups is 2. The number of nitrogens with zero attached hydrogens (tertiary/aromatic N) is 2. The Morgan fingerprint density at radius 2 is 1.14 bits per heavy atom. The quantitative estimate of drug-likeness (QED) is 0.220. The predicted octanol–water partition coefficient (Wildman–Crippen LogP) is 5.15. The fraction of sp³-hybridized carbons (Fsp3) is 0. The van der Waals surface area contributed by atoms with Gasteiger partial charge in [-0.2, -0.15) is 8.78 Å². The standard InChI is InChI=1S/C12H8FNO2.C6H7BO2.C6H3ClFNO2/c13-12-10(9-5-2-1-3-6-9)7-4-8-11(12)14(15)16;8-7(9)6-4-2-1-3-5-6;7-4-2-1-3-5(6(4)8)9(10)11/h1-8H;1-5,8-9H;1-3H. The normalized spacial score (nSPS) is 9.69. The lowest BCUT2D eigenvalue weighted by molar-refractivity contribution is -0.387. The van der Waals surface area contributed by atoms with Crippen LogP contribution in [-0.2, 0) is 0 Å². The third kappa shape index (κ3) is 7.95. The molecule has 0 heterocycles. The van der Waals surface area contributed by atoms with E-state index in [-0.39, 0.29) is 10.6 Å². The molecule has 0 bridgehead atoms. The highest BCUT2D eigenvalue weighted by molar-refractivity contribution is 6.58. The van der Waals surface area contributed by atoms with Crippen LogP contribution < -0.4 is 5.46 Å². The van der Waals surface area contributed by atoms with Crippen LogP contribution in [0.5, 0.6) is 0 Å². The Hall–Kier alpha value is -4.19. The molecule has 0 aliphatic heterocycles. The first-order chi connectivity index (χ1) is 17.1. The van der Waals surface area contributed by atoms with Crippen LogP contribution in [0.2, 0.25) is 5.02 Å². The SMILES string of the molecule is O=[N+]([O-])c1cccc(-c2ccccc2)c1F.O=[N+]([O-])c1cccc(Cl)c1F.OB(O)c1ccccc1. The number of hydrogen-bond acceptors (Lipinski definition) is 6. The molecule has 0 fully saturated rings. The van der Waals surface area contributed by atoms with Gasteiger partial charge in [-0.05, 0) is 17.1 Å². The summed E-state index contributed by atoms with van der Waals surface area (Å²) in [5, 5.41) is 37.6. The molecule has 0 aromatic heterocycles. The smallest absolute Gasteiger partial charge is 0.423 e. The molecule has 4 rings (SSSR count). The fourth-order valence-electron chi connectivity index (χ4n) is 2.76. The van der Waals surface area contributed by atoms with E-state index in [4.69, 9.17) is 21.6 Å². The Morgan fingerprint density at radius 1 is 0.667 bits per heavy atom. The summed E-state index contributed by atoms with van der Waals surface area (Å²) in [7, 11) is -1.34. The molecule has 0 aliphatic carbocycles.